The second kappa shape index (κ2) is 7.25. The fourth-order valence-corrected chi connectivity index (χ4v) is 3.20. The van der Waals surface area contributed by atoms with Crippen molar-refractivity contribution in [3.05, 3.63) is 0 Å². The molecule has 0 N–H and O–H groups in total. The van der Waals surface area contributed by atoms with Gasteiger partial charge in [-0.25, -0.2) is 0 Å². The molecule has 3 heteroatoms. The van der Waals surface area contributed by atoms with Crippen molar-refractivity contribution in [2.45, 2.75) is 27.2 Å². The van der Waals surface area contributed by atoms with Crippen LogP contribution in [0.15, 0.2) is 0 Å². The summed E-state index contributed by atoms with van der Waals surface area (Å²) in [4.78, 5) is 0. The molecule has 0 bridgehead atoms. The summed E-state index contributed by atoms with van der Waals surface area (Å²) in [7, 11) is 0. The van der Waals surface area contributed by atoms with E-state index in [1.54, 1.807) is 0 Å². The molecule has 0 saturated carbocycles. The highest BCUT2D eigenvalue weighted by atomic mass is 35.5. The smallest absolute Gasteiger partial charge is 0.0294 e. The van der Waals surface area contributed by atoms with E-state index in [1.807, 2.05) is 11.8 Å². The van der Waals surface area contributed by atoms with E-state index in [0.29, 0.717) is 17.7 Å². The van der Waals surface area contributed by atoms with Gasteiger partial charge in [0.25, 0.3) is 0 Å². The molecule has 0 aliphatic heterocycles. The van der Waals surface area contributed by atoms with E-state index in [1.165, 1.54) is 11.5 Å². The standard InChI is InChI=1S/C10H20Cl2S/c1-4-13-6-5-10(7-11,8-12)9(2)3/h9H,4-8H2,1-3H3. The topological polar surface area (TPSA) is 0 Å². The van der Waals surface area contributed by atoms with Crippen molar-refractivity contribution in [2.75, 3.05) is 23.3 Å². The zero-order valence-corrected chi connectivity index (χ0v) is 11.1. The summed E-state index contributed by atoms with van der Waals surface area (Å²) in [6.45, 7) is 6.60. The Morgan fingerprint density at radius 3 is 2.08 bits per heavy atom. The Morgan fingerprint density at radius 1 is 1.23 bits per heavy atom. The van der Waals surface area contributed by atoms with Crippen LogP contribution in [-0.4, -0.2) is 23.3 Å². The van der Waals surface area contributed by atoms with E-state index in [4.69, 9.17) is 23.2 Å². The molecule has 0 rings (SSSR count). The lowest BCUT2D eigenvalue weighted by atomic mass is 9.78. The number of hydrogen-bond acceptors (Lipinski definition) is 1. The van der Waals surface area contributed by atoms with Crippen LogP contribution in [0.5, 0.6) is 0 Å². The number of halogens is 2. The summed E-state index contributed by atoms with van der Waals surface area (Å²) in [5.41, 5.74) is 0.144. The maximum atomic E-state index is 6.00. The first-order valence-corrected chi connectivity index (χ1v) is 7.05. The number of rotatable bonds is 7. The van der Waals surface area contributed by atoms with Gasteiger partial charge in [-0.15, -0.1) is 23.2 Å². The van der Waals surface area contributed by atoms with E-state index in [9.17, 15) is 0 Å². The molecule has 0 heterocycles. The van der Waals surface area contributed by atoms with Crippen molar-refractivity contribution < 1.29 is 0 Å². The molecule has 0 aromatic rings. The van der Waals surface area contributed by atoms with Crippen LogP contribution < -0.4 is 0 Å². The summed E-state index contributed by atoms with van der Waals surface area (Å²) < 4.78 is 0. The Bertz CT molecular complexity index is 122. The van der Waals surface area contributed by atoms with Gasteiger partial charge in [0.05, 0.1) is 0 Å². The highest BCUT2D eigenvalue weighted by Crippen LogP contribution is 2.35. The van der Waals surface area contributed by atoms with Gasteiger partial charge in [-0.1, -0.05) is 20.8 Å². The SMILES string of the molecule is CCSCCC(CCl)(CCl)C(C)C. The predicted octanol–water partition coefficient (Wildman–Crippen LogP) is 4.25. The second-order valence-corrected chi connectivity index (χ2v) is 5.66. The molecule has 0 aromatic carbocycles. The fourth-order valence-electron chi connectivity index (χ4n) is 1.19. The number of alkyl halides is 2. The van der Waals surface area contributed by atoms with Gasteiger partial charge in [0.1, 0.15) is 0 Å². The van der Waals surface area contributed by atoms with Crippen LogP contribution in [0.25, 0.3) is 0 Å². The normalized spacial score (nSPS) is 12.5. The zero-order chi connectivity index (χ0) is 10.3. The minimum atomic E-state index is 0.144. The van der Waals surface area contributed by atoms with Crippen molar-refractivity contribution in [1.29, 1.82) is 0 Å². The van der Waals surface area contributed by atoms with Crippen LogP contribution in [0.4, 0.5) is 0 Å². The van der Waals surface area contributed by atoms with Crippen LogP contribution in [0.2, 0.25) is 0 Å². The van der Waals surface area contributed by atoms with Crippen molar-refractivity contribution in [3.63, 3.8) is 0 Å². The summed E-state index contributed by atoms with van der Waals surface area (Å²) in [5, 5.41) is 0. The van der Waals surface area contributed by atoms with Crippen molar-refractivity contribution in [1.82, 2.24) is 0 Å². The summed E-state index contributed by atoms with van der Waals surface area (Å²) in [5.74, 6) is 4.28. The van der Waals surface area contributed by atoms with Crippen molar-refractivity contribution in [2.24, 2.45) is 11.3 Å². The molecular formula is C10H20Cl2S. The van der Waals surface area contributed by atoms with Crippen LogP contribution in [0, 0.1) is 11.3 Å². The lowest BCUT2D eigenvalue weighted by Crippen LogP contribution is -2.32. The van der Waals surface area contributed by atoms with Gasteiger partial charge < -0.3 is 0 Å². The zero-order valence-electron chi connectivity index (χ0n) is 8.78. The van der Waals surface area contributed by atoms with E-state index in [0.717, 1.165) is 6.42 Å². The lowest BCUT2D eigenvalue weighted by Gasteiger charge is -2.33. The quantitative estimate of drug-likeness (QED) is 0.476. The van der Waals surface area contributed by atoms with E-state index in [2.05, 4.69) is 20.8 Å². The van der Waals surface area contributed by atoms with Gasteiger partial charge in [-0.05, 0) is 23.8 Å². The van der Waals surface area contributed by atoms with Gasteiger partial charge in [0.2, 0.25) is 0 Å². The summed E-state index contributed by atoms with van der Waals surface area (Å²) in [6.07, 6.45) is 1.14. The van der Waals surface area contributed by atoms with Crippen LogP contribution in [0.1, 0.15) is 27.2 Å². The fraction of sp³-hybridized carbons (Fsp3) is 1.00. The molecule has 0 radical (unpaired) electrons. The molecule has 0 aromatic heterocycles. The third-order valence-electron chi connectivity index (χ3n) is 2.71. The molecule has 0 amide bonds. The average molecular weight is 243 g/mol. The maximum Gasteiger partial charge on any atom is 0.0294 e. The molecule has 0 saturated heterocycles. The monoisotopic (exact) mass is 242 g/mol. The Labute approximate surface area is 96.8 Å². The van der Waals surface area contributed by atoms with Crippen LogP contribution >= 0.6 is 35.0 Å². The van der Waals surface area contributed by atoms with Gasteiger partial charge in [-0.2, -0.15) is 11.8 Å². The molecule has 0 aliphatic rings. The molecule has 0 fully saturated rings. The molecule has 13 heavy (non-hydrogen) atoms. The van der Waals surface area contributed by atoms with Gasteiger partial charge in [0.15, 0.2) is 0 Å². The first-order valence-electron chi connectivity index (χ1n) is 4.82. The highest BCUT2D eigenvalue weighted by molar-refractivity contribution is 7.99. The molecule has 0 spiro atoms. The summed E-state index contributed by atoms with van der Waals surface area (Å²) >= 11 is 14.0. The largest absolute Gasteiger partial charge is 0.162 e. The molecule has 0 atom stereocenters. The molecule has 0 unspecified atom stereocenters. The minimum absolute atomic E-state index is 0.144. The van der Waals surface area contributed by atoms with E-state index < -0.39 is 0 Å². The number of thioether (sulfide) groups is 1. The highest BCUT2D eigenvalue weighted by Gasteiger charge is 2.31. The maximum absolute atomic E-state index is 6.00. The van der Waals surface area contributed by atoms with E-state index in [-0.39, 0.29) is 5.41 Å². The third-order valence-corrected chi connectivity index (χ3v) is 4.67. The number of hydrogen-bond donors (Lipinski definition) is 0. The van der Waals surface area contributed by atoms with Gasteiger partial charge in [0, 0.05) is 17.2 Å². The van der Waals surface area contributed by atoms with Gasteiger partial charge in [-0.3, -0.25) is 0 Å². The Balaban J connectivity index is 4.06. The Hall–Kier alpha value is 0.930. The molecule has 0 aliphatic carbocycles. The summed E-state index contributed by atoms with van der Waals surface area (Å²) in [6, 6.07) is 0. The lowest BCUT2D eigenvalue weighted by molar-refractivity contribution is 0.253. The first-order chi connectivity index (χ1) is 6.13. The molecule has 0 nitrogen and oxygen atoms in total. The van der Waals surface area contributed by atoms with Crippen LogP contribution in [0.3, 0.4) is 0 Å². The average Bonchev–Trinajstić information content (AvgIpc) is 2.13. The predicted molar refractivity (Wildman–Crippen MR) is 66.3 cm³/mol. The van der Waals surface area contributed by atoms with Crippen molar-refractivity contribution in [3.8, 4) is 0 Å². The minimum Gasteiger partial charge on any atom is -0.162 e. The molecule has 80 valence electrons. The van der Waals surface area contributed by atoms with Crippen LogP contribution in [-0.2, 0) is 0 Å². The Morgan fingerprint density at radius 2 is 1.77 bits per heavy atom. The van der Waals surface area contributed by atoms with Crippen molar-refractivity contribution >= 4 is 35.0 Å². The van der Waals surface area contributed by atoms with E-state index >= 15 is 0 Å². The van der Waals surface area contributed by atoms with Gasteiger partial charge >= 0.3 is 0 Å². The molecular weight excluding hydrogens is 223 g/mol. The third kappa shape index (κ3) is 4.31. The Kier molecular flexibility index (Phi) is 7.77. The first kappa shape index (κ1) is 13.9. The second-order valence-electron chi connectivity index (χ2n) is 3.73.